The molecule has 0 spiro atoms. The minimum Gasteiger partial charge on any atom is -0.368 e. The fourth-order valence-electron chi connectivity index (χ4n) is 3.10. The van der Waals surface area contributed by atoms with Crippen molar-refractivity contribution in [1.29, 1.82) is 0 Å². The molecule has 0 saturated carbocycles. The number of amides is 1. The number of nitrogens with zero attached hydrogens (tertiary/aromatic N) is 6. The van der Waals surface area contributed by atoms with Crippen molar-refractivity contribution in [2.75, 3.05) is 47.0 Å². The van der Waals surface area contributed by atoms with Crippen LogP contribution in [0.5, 0.6) is 0 Å². The summed E-state index contributed by atoms with van der Waals surface area (Å²) in [5, 5.41) is 11.3. The van der Waals surface area contributed by atoms with Crippen LogP contribution in [0.1, 0.15) is 0 Å². The number of piperazine rings is 1. The maximum atomic E-state index is 12.2. The van der Waals surface area contributed by atoms with Gasteiger partial charge in [-0.05, 0) is 24.3 Å². The summed E-state index contributed by atoms with van der Waals surface area (Å²) in [4.78, 5) is 25.3. The minimum atomic E-state index is -0.140. The molecule has 9 heteroatoms. The Bertz CT molecular complexity index is 934. The summed E-state index contributed by atoms with van der Waals surface area (Å²) < 4.78 is 0. The smallest absolute Gasteiger partial charge is 0.235 e. The molecule has 148 valence electrons. The molecule has 3 heterocycles. The molecule has 0 unspecified atom stereocenters. The molecule has 4 rings (SSSR count). The van der Waals surface area contributed by atoms with Gasteiger partial charge in [0.15, 0.2) is 0 Å². The van der Waals surface area contributed by atoms with Crippen molar-refractivity contribution < 1.29 is 4.79 Å². The van der Waals surface area contributed by atoms with Gasteiger partial charge >= 0.3 is 0 Å². The van der Waals surface area contributed by atoms with E-state index in [4.69, 9.17) is 0 Å². The van der Waals surface area contributed by atoms with E-state index in [0.29, 0.717) is 10.8 Å². The summed E-state index contributed by atoms with van der Waals surface area (Å²) in [6.45, 7) is 3.57. The third kappa shape index (κ3) is 5.20. The number of thioether (sulfide) groups is 1. The number of nitrogens with one attached hydrogen (secondary N) is 1. The first-order valence-corrected chi connectivity index (χ1v) is 10.3. The molecular weight excluding hydrogens is 386 g/mol. The second-order valence-corrected chi connectivity index (χ2v) is 7.47. The lowest BCUT2D eigenvalue weighted by Gasteiger charge is -2.36. The van der Waals surface area contributed by atoms with E-state index in [2.05, 4.69) is 59.5 Å². The van der Waals surface area contributed by atoms with Gasteiger partial charge in [-0.25, -0.2) is 9.97 Å². The van der Waals surface area contributed by atoms with Gasteiger partial charge in [-0.3, -0.25) is 4.79 Å². The Morgan fingerprint density at radius 3 is 2.55 bits per heavy atom. The molecule has 0 bridgehead atoms. The van der Waals surface area contributed by atoms with Crippen LogP contribution < -0.4 is 15.1 Å². The SMILES string of the molecule is O=C(CSc1cccnn1)Nc1cc(N2CCN(c3ccccc3)CC2)ncn1. The fraction of sp³-hybridized carbons (Fsp3) is 0.250. The summed E-state index contributed by atoms with van der Waals surface area (Å²) in [7, 11) is 0. The molecule has 1 N–H and O–H groups in total. The Labute approximate surface area is 173 Å². The first-order valence-electron chi connectivity index (χ1n) is 9.35. The summed E-state index contributed by atoms with van der Waals surface area (Å²) in [6, 6.07) is 15.9. The van der Waals surface area contributed by atoms with Crippen molar-refractivity contribution in [3.8, 4) is 0 Å². The van der Waals surface area contributed by atoms with Gasteiger partial charge in [0.2, 0.25) is 5.91 Å². The van der Waals surface area contributed by atoms with Gasteiger partial charge in [0.1, 0.15) is 23.0 Å². The summed E-state index contributed by atoms with van der Waals surface area (Å²) in [5.74, 6) is 1.43. The molecule has 1 aliphatic rings. The highest BCUT2D eigenvalue weighted by Crippen LogP contribution is 2.20. The molecule has 0 atom stereocenters. The largest absolute Gasteiger partial charge is 0.368 e. The second-order valence-electron chi connectivity index (χ2n) is 6.47. The first kappa shape index (κ1) is 19.1. The minimum absolute atomic E-state index is 0.140. The van der Waals surface area contributed by atoms with E-state index in [9.17, 15) is 4.79 Å². The monoisotopic (exact) mass is 407 g/mol. The molecule has 0 radical (unpaired) electrons. The molecule has 3 aromatic rings. The van der Waals surface area contributed by atoms with E-state index in [0.717, 1.165) is 32.0 Å². The molecule has 1 amide bonds. The van der Waals surface area contributed by atoms with Gasteiger partial charge in [-0.1, -0.05) is 30.0 Å². The third-order valence-corrected chi connectivity index (χ3v) is 5.46. The predicted octanol–water partition coefficient (Wildman–Crippen LogP) is 2.32. The van der Waals surface area contributed by atoms with Crippen LogP contribution in [0.2, 0.25) is 0 Å². The van der Waals surface area contributed by atoms with Gasteiger partial charge in [0.25, 0.3) is 0 Å². The Morgan fingerprint density at radius 1 is 1.00 bits per heavy atom. The topological polar surface area (TPSA) is 87.1 Å². The van der Waals surface area contributed by atoms with Crippen LogP contribution in [0, 0.1) is 0 Å². The fourth-order valence-corrected chi connectivity index (χ4v) is 3.73. The van der Waals surface area contributed by atoms with Crippen LogP contribution in [-0.4, -0.2) is 58.0 Å². The summed E-state index contributed by atoms with van der Waals surface area (Å²) in [6.07, 6.45) is 3.09. The number of aromatic nitrogens is 4. The molecule has 1 aromatic carbocycles. The van der Waals surface area contributed by atoms with E-state index >= 15 is 0 Å². The highest BCUT2D eigenvalue weighted by Gasteiger charge is 2.19. The molecule has 0 aliphatic carbocycles. The average molecular weight is 408 g/mol. The first-order chi connectivity index (χ1) is 14.3. The Hall–Kier alpha value is -3.20. The third-order valence-electron chi connectivity index (χ3n) is 4.54. The van der Waals surface area contributed by atoms with Crippen LogP contribution in [-0.2, 0) is 4.79 Å². The van der Waals surface area contributed by atoms with Crippen molar-refractivity contribution in [3.63, 3.8) is 0 Å². The molecule has 1 saturated heterocycles. The number of benzene rings is 1. The molecule has 29 heavy (non-hydrogen) atoms. The van der Waals surface area contributed by atoms with Crippen molar-refractivity contribution in [2.45, 2.75) is 5.03 Å². The standard InChI is InChI=1S/C20H21N7OS/c28-19(14-29-20-7-4-8-23-25-20)24-17-13-18(22-15-21-17)27-11-9-26(10-12-27)16-5-2-1-3-6-16/h1-8,13,15H,9-12,14H2,(H,21,22,24,28). The molecule has 1 fully saturated rings. The zero-order valence-corrected chi connectivity index (χ0v) is 16.6. The normalized spacial score (nSPS) is 13.9. The van der Waals surface area contributed by atoms with Crippen LogP contribution in [0.3, 0.4) is 0 Å². The Morgan fingerprint density at radius 2 is 1.79 bits per heavy atom. The zero-order chi connectivity index (χ0) is 19.9. The van der Waals surface area contributed by atoms with Gasteiger partial charge in [0.05, 0.1) is 5.75 Å². The highest BCUT2D eigenvalue weighted by atomic mass is 32.2. The van der Waals surface area contributed by atoms with Crippen LogP contribution in [0.25, 0.3) is 0 Å². The number of hydrogen-bond acceptors (Lipinski definition) is 8. The van der Waals surface area contributed by atoms with Crippen molar-refractivity contribution in [2.24, 2.45) is 0 Å². The Balaban J connectivity index is 1.31. The van der Waals surface area contributed by atoms with Gasteiger partial charge < -0.3 is 15.1 Å². The number of rotatable bonds is 6. The van der Waals surface area contributed by atoms with Gasteiger partial charge in [-0.15, -0.1) is 5.10 Å². The lowest BCUT2D eigenvalue weighted by atomic mass is 10.2. The summed E-state index contributed by atoms with van der Waals surface area (Å²) >= 11 is 1.33. The van der Waals surface area contributed by atoms with E-state index in [1.54, 1.807) is 12.3 Å². The average Bonchev–Trinajstić information content (AvgIpc) is 2.79. The molecule has 2 aromatic heterocycles. The summed E-state index contributed by atoms with van der Waals surface area (Å²) in [5.41, 5.74) is 1.24. The second kappa shape index (κ2) is 9.33. The lowest BCUT2D eigenvalue weighted by molar-refractivity contribution is -0.113. The maximum Gasteiger partial charge on any atom is 0.235 e. The predicted molar refractivity (Wildman–Crippen MR) is 114 cm³/mol. The number of carbonyl (C=O) groups excluding carboxylic acids is 1. The quantitative estimate of drug-likeness (QED) is 0.623. The Kier molecular flexibility index (Phi) is 6.16. The van der Waals surface area contributed by atoms with Crippen molar-refractivity contribution >= 4 is 35.0 Å². The highest BCUT2D eigenvalue weighted by molar-refractivity contribution is 7.99. The van der Waals surface area contributed by atoms with Crippen molar-refractivity contribution in [3.05, 3.63) is 61.1 Å². The maximum absolute atomic E-state index is 12.2. The van der Waals surface area contributed by atoms with E-state index < -0.39 is 0 Å². The lowest BCUT2D eigenvalue weighted by Crippen LogP contribution is -2.46. The molecular formula is C20H21N7OS. The molecule has 8 nitrogen and oxygen atoms in total. The number of anilines is 3. The molecule has 1 aliphatic heterocycles. The number of para-hydroxylation sites is 1. The van der Waals surface area contributed by atoms with Crippen molar-refractivity contribution in [1.82, 2.24) is 20.2 Å². The van der Waals surface area contributed by atoms with E-state index in [-0.39, 0.29) is 11.7 Å². The van der Waals surface area contributed by atoms with Gasteiger partial charge in [0, 0.05) is 44.1 Å². The van der Waals surface area contributed by atoms with E-state index in [1.165, 1.54) is 23.8 Å². The van der Waals surface area contributed by atoms with Crippen LogP contribution in [0.4, 0.5) is 17.3 Å². The van der Waals surface area contributed by atoms with Crippen LogP contribution >= 0.6 is 11.8 Å². The van der Waals surface area contributed by atoms with Gasteiger partial charge in [-0.2, -0.15) is 5.10 Å². The number of carbonyl (C=O) groups is 1. The number of hydrogen-bond donors (Lipinski definition) is 1. The zero-order valence-electron chi connectivity index (χ0n) is 15.8. The van der Waals surface area contributed by atoms with E-state index in [1.807, 2.05) is 18.2 Å². The van der Waals surface area contributed by atoms with Crippen LogP contribution in [0.15, 0.2) is 66.1 Å².